The molecule has 0 saturated carbocycles. The van der Waals surface area contributed by atoms with Crippen LogP contribution in [0, 0.1) is 6.92 Å². The van der Waals surface area contributed by atoms with E-state index in [1.807, 2.05) is 0 Å². The Morgan fingerprint density at radius 2 is 2.36 bits per heavy atom. The van der Waals surface area contributed by atoms with Crippen LogP contribution in [0.1, 0.15) is 29.2 Å². The lowest BCUT2D eigenvalue weighted by Crippen LogP contribution is -2.22. The molecule has 2 N–H and O–H groups in total. The summed E-state index contributed by atoms with van der Waals surface area (Å²) in [5.74, 6) is 0. The summed E-state index contributed by atoms with van der Waals surface area (Å²) in [6.45, 7) is 3.09. The van der Waals surface area contributed by atoms with Crippen LogP contribution in [0.2, 0.25) is 0 Å². The predicted octanol–water partition coefficient (Wildman–Crippen LogP) is 1.56. The number of benzene rings is 1. The minimum atomic E-state index is 0.220. The molecule has 0 aromatic heterocycles. The van der Waals surface area contributed by atoms with Gasteiger partial charge in [0.05, 0.1) is 6.61 Å². The van der Waals surface area contributed by atoms with Gasteiger partial charge in [0.1, 0.15) is 0 Å². The molecule has 0 spiro atoms. The molecule has 0 amide bonds. The third-order valence-corrected chi connectivity index (χ3v) is 3.01. The molecule has 2 heteroatoms. The molecule has 0 heterocycles. The van der Waals surface area contributed by atoms with E-state index in [2.05, 4.69) is 30.4 Å². The van der Waals surface area contributed by atoms with Crippen molar-refractivity contribution in [3.8, 4) is 0 Å². The minimum Gasteiger partial charge on any atom is -0.395 e. The minimum absolute atomic E-state index is 0.220. The number of aliphatic hydroxyl groups is 1. The Kier molecular flexibility index (Phi) is 2.85. The van der Waals surface area contributed by atoms with Crippen LogP contribution in [-0.2, 0) is 6.42 Å². The van der Waals surface area contributed by atoms with Gasteiger partial charge in [-0.25, -0.2) is 0 Å². The van der Waals surface area contributed by atoms with Crippen molar-refractivity contribution in [3.05, 3.63) is 34.9 Å². The second-order valence-corrected chi connectivity index (χ2v) is 3.91. The zero-order chi connectivity index (χ0) is 9.97. The molecule has 0 aliphatic heterocycles. The first-order chi connectivity index (χ1) is 6.83. The SMILES string of the molecule is Cc1cccc2c1CCC2NCCO. The summed E-state index contributed by atoms with van der Waals surface area (Å²) in [6, 6.07) is 6.95. The van der Waals surface area contributed by atoms with E-state index in [0.29, 0.717) is 12.6 Å². The second kappa shape index (κ2) is 4.11. The summed E-state index contributed by atoms with van der Waals surface area (Å²) < 4.78 is 0. The molecule has 1 atom stereocenters. The van der Waals surface area contributed by atoms with Gasteiger partial charge in [-0.05, 0) is 36.5 Å². The lowest BCUT2D eigenvalue weighted by Gasteiger charge is -2.13. The van der Waals surface area contributed by atoms with E-state index in [0.717, 1.165) is 0 Å². The first-order valence-corrected chi connectivity index (χ1v) is 5.25. The Morgan fingerprint density at radius 3 is 3.14 bits per heavy atom. The number of hydrogen-bond acceptors (Lipinski definition) is 2. The highest BCUT2D eigenvalue weighted by Gasteiger charge is 2.22. The Balaban J connectivity index is 2.18. The number of hydrogen-bond donors (Lipinski definition) is 2. The van der Waals surface area contributed by atoms with Crippen molar-refractivity contribution in [1.82, 2.24) is 5.32 Å². The summed E-state index contributed by atoms with van der Waals surface area (Å²) >= 11 is 0. The fourth-order valence-corrected chi connectivity index (χ4v) is 2.29. The number of rotatable bonds is 3. The van der Waals surface area contributed by atoms with Crippen molar-refractivity contribution in [2.24, 2.45) is 0 Å². The molecule has 2 nitrogen and oxygen atoms in total. The maximum Gasteiger partial charge on any atom is 0.0556 e. The largest absolute Gasteiger partial charge is 0.395 e. The molecule has 1 aromatic rings. The van der Waals surface area contributed by atoms with Gasteiger partial charge >= 0.3 is 0 Å². The van der Waals surface area contributed by atoms with Crippen LogP contribution in [0.3, 0.4) is 0 Å². The quantitative estimate of drug-likeness (QED) is 0.760. The zero-order valence-corrected chi connectivity index (χ0v) is 8.59. The van der Waals surface area contributed by atoms with Gasteiger partial charge < -0.3 is 10.4 Å². The molecule has 2 rings (SSSR count). The van der Waals surface area contributed by atoms with Crippen LogP contribution in [0.15, 0.2) is 18.2 Å². The number of aliphatic hydroxyl groups excluding tert-OH is 1. The summed E-state index contributed by atoms with van der Waals surface area (Å²) in [4.78, 5) is 0. The lowest BCUT2D eigenvalue weighted by atomic mass is 10.0. The van der Waals surface area contributed by atoms with Crippen molar-refractivity contribution < 1.29 is 5.11 Å². The van der Waals surface area contributed by atoms with Gasteiger partial charge in [0.2, 0.25) is 0 Å². The molecule has 76 valence electrons. The molecule has 0 saturated heterocycles. The van der Waals surface area contributed by atoms with Crippen molar-refractivity contribution in [3.63, 3.8) is 0 Å². The molecule has 0 bridgehead atoms. The van der Waals surface area contributed by atoms with Gasteiger partial charge in [0, 0.05) is 12.6 Å². The fourth-order valence-electron chi connectivity index (χ4n) is 2.29. The van der Waals surface area contributed by atoms with Crippen LogP contribution in [0.5, 0.6) is 0 Å². The highest BCUT2D eigenvalue weighted by molar-refractivity contribution is 5.40. The average Bonchev–Trinajstić information content (AvgIpc) is 2.60. The Hall–Kier alpha value is -0.860. The molecular formula is C12H17NO. The normalized spacial score (nSPS) is 19.7. The smallest absolute Gasteiger partial charge is 0.0556 e. The monoisotopic (exact) mass is 191 g/mol. The molecule has 1 aromatic carbocycles. The highest BCUT2D eigenvalue weighted by Crippen LogP contribution is 2.32. The topological polar surface area (TPSA) is 32.3 Å². The number of aryl methyl sites for hydroxylation is 1. The summed E-state index contributed by atoms with van der Waals surface area (Å²) in [5, 5.41) is 12.1. The molecule has 1 aliphatic carbocycles. The third kappa shape index (κ3) is 1.68. The van der Waals surface area contributed by atoms with E-state index in [9.17, 15) is 0 Å². The summed E-state index contributed by atoms with van der Waals surface area (Å²) in [6.07, 6.45) is 2.34. The molecule has 0 radical (unpaired) electrons. The molecule has 14 heavy (non-hydrogen) atoms. The average molecular weight is 191 g/mol. The maximum absolute atomic E-state index is 8.77. The van der Waals surface area contributed by atoms with E-state index in [1.165, 1.54) is 29.5 Å². The summed E-state index contributed by atoms with van der Waals surface area (Å²) in [5.41, 5.74) is 4.33. The van der Waals surface area contributed by atoms with E-state index in [4.69, 9.17) is 5.11 Å². The van der Waals surface area contributed by atoms with E-state index < -0.39 is 0 Å². The van der Waals surface area contributed by atoms with Crippen molar-refractivity contribution >= 4 is 0 Å². The standard InChI is InChI=1S/C12H17NO/c1-9-3-2-4-11-10(9)5-6-12(11)13-7-8-14/h2-4,12-14H,5-8H2,1H3. The first-order valence-electron chi connectivity index (χ1n) is 5.25. The predicted molar refractivity (Wildman–Crippen MR) is 57.3 cm³/mol. The third-order valence-electron chi connectivity index (χ3n) is 3.01. The van der Waals surface area contributed by atoms with Crippen LogP contribution >= 0.6 is 0 Å². The Morgan fingerprint density at radius 1 is 1.50 bits per heavy atom. The van der Waals surface area contributed by atoms with Crippen molar-refractivity contribution in [2.45, 2.75) is 25.8 Å². The Bertz CT molecular complexity index is 322. The van der Waals surface area contributed by atoms with Crippen LogP contribution in [0.4, 0.5) is 0 Å². The van der Waals surface area contributed by atoms with E-state index in [1.54, 1.807) is 0 Å². The lowest BCUT2D eigenvalue weighted by molar-refractivity contribution is 0.284. The van der Waals surface area contributed by atoms with Gasteiger partial charge in [-0.15, -0.1) is 0 Å². The van der Waals surface area contributed by atoms with Crippen LogP contribution in [0.25, 0.3) is 0 Å². The van der Waals surface area contributed by atoms with Gasteiger partial charge in [0.25, 0.3) is 0 Å². The van der Waals surface area contributed by atoms with Crippen LogP contribution < -0.4 is 5.32 Å². The summed E-state index contributed by atoms with van der Waals surface area (Å²) in [7, 11) is 0. The first kappa shape index (κ1) is 9.69. The molecular weight excluding hydrogens is 174 g/mol. The van der Waals surface area contributed by atoms with Gasteiger partial charge in [0.15, 0.2) is 0 Å². The molecule has 1 unspecified atom stereocenters. The fraction of sp³-hybridized carbons (Fsp3) is 0.500. The molecule has 0 fully saturated rings. The maximum atomic E-state index is 8.77. The van der Waals surface area contributed by atoms with Gasteiger partial charge in [-0.3, -0.25) is 0 Å². The van der Waals surface area contributed by atoms with Gasteiger partial charge in [-0.1, -0.05) is 18.2 Å². The second-order valence-electron chi connectivity index (χ2n) is 3.91. The van der Waals surface area contributed by atoms with Crippen molar-refractivity contribution in [1.29, 1.82) is 0 Å². The number of nitrogens with one attached hydrogen (secondary N) is 1. The van der Waals surface area contributed by atoms with E-state index in [-0.39, 0.29) is 6.61 Å². The Labute approximate surface area is 85.0 Å². The highest BCUT2D eigenvalue weighted by atomic mass is 16.3. The van der Waals surface area contributed by atoms with Gasteiger partial charge in [-0.2, -0.15) is 0 Å². The van der Waals surface area contributed by atoms with Crippen molar-refractivity contribution in [2.75, 3.05) is 13.2 Å². The van der Waals surface area contributed by atoms with Crippen LogP contribution in [-0.4, -0.2) is 18.3 Å². The molecule has 1 aliphatic rings. The zero-order valence-electron chi connectivity index (χ0n) is 8.59. The number of fused-ring (bicyclic) bond motifs is 1. The van der Waals surface area contributed by atoms with E-state index >= 15 is 0 Å².